The van der Waals surface area contributed by atoms with Crippen LogP contribution in [0.2, 0.25) is 0 Å². The van der Waals surface area contributed by atoms with Gasteiger partial charge >= 0.3 is 22.4 Å². The van der Waals surface area contributed by atoms with E-state index in [4.69, 9.17) is 9.47 Å². The first-order valence-corrected chi connectivity index (χ1v) is 29.0. The lowest BCUT2D eigenvalue weighted by Crippen LogP contribution is -2.57. The molecule has 0 amide bonds. The van der Waals surface area contributed by atoms with E-state index >= 15 is 0 Å². The van der Waals surface area contributed by atoms with Gasteiger partial charge < -0.3 is 20.0 Å². The van der Waals surface area contributed by atoms with Crippen molar-refractivity contribution in [3.63, 3.8) is 0 Å². The molecule has 8 aliphatic rings. The average molecular weight is 1080 g/mol. The quantitative estimate of drug-likeness (QED) is 0.0396. The number of carbonyl (C=O) groups is 4. The topological polar surface area (TPSA) is 170 Å². The number of Topliss-reactive ketones (excluding diaryl/α,β-unsaturated/α-hetero) is 2. The van der Waals surface area contributed by atoms with Gasteiger partial charge in [-0.15, -0.1) is 0 Å². The van der Waals surface area contributed by atoms with Crippen LogP contribution < -0.4 is 10.5 Å². The third-order valence-corrected chi connectivity index (χ3v) is 16.9. The third-order valence-electron chi connectivity index (χ3n) is 12.7. The van der Waals surface area contributed by atoms with Gasteiger partial charge in [-0.3, -0.25) is 19.7 Å². The fourth-order valence-electron chi connectivity index (χ4n) is 10.4. The second-order valence-corrected chi connectivity index (χ2v) is 23.1. The molecule has 12 nitrogen and oxygen atoms in total. The molecule has 0 saturated heterocycles. The number of alkyl halides is 4. The van der Waals surface area contributed by atoms with Gasteiger partial charge in [0.05, 0.1) is 10.9 Å². The zero-order valence-corrected chi connectivity index (χ0v) is 45.0. The van der Waals surface area contributed by atoms with Gasteiger partial charge in [-0.05, 0) is 112 Å². The molecule has 0 radical (unpaired) electrons. The molecule has 0 spiro atoms. The molecule has 11 rings (SSSR count). The summed E-state index contributed by atoms with van der Waals surface area (Å²) in [5.74, 6) is -3.45. The van der Waals surface area contributed by atoms with Crippen molar-refractivity contribution in [2.45, 2.75) is 142 Å². The Morgan fingerprint density at radius 3 is 1.06 bits per heavy atom. The maximum atomic E-state index is 13.4. The minimum absolute atomic E-state index is 0.168. The van der Waals surface area contributed by atoms with E-state index in [9.17, 15) is 47.3 Å². The summed E-state index contributed by atoms with van der Waals surface area (Å²) >= 11 is -1.39. The Bertz CT molecular complexity index is 1920. The van der Waals surface area contributed by atoms with E-state index in [1.165, 1.54) is 14.7 Å². The zero-order valence-electron chi connectivity index (χ0n) is 41.7. The molecule has 71 heavy (non-hydrogen) atoms. The van der Waals surface area contributed by atoms with Crippen molar-refractivity contribution in [3.05, 3.63) is 91.0 Å². The Hall–Kier alpha value is -3.18. The summed E-state index contributed by atoms with van der Waals surface area (Å²) in [5, 5.41) is 16.7. The number of carbonyl (C=O) groups excluding carboxylic acids is 4. The highest BCUT2D eigenvalue weighted by Gasteiger charge is 2.60. The van der Waals surface area contributed by atoms with Crippen LogP contribution in [0.5, 0.6) is 0 Å². The molecule has 4 atom stereocenters. The average Bonchev–Trinajstić information content (AvgIpc) is 3.38. The van der Waals surface area contributed by atoms with Crippen molar-refractivity contribution >= 4 is 69.4 Å². The van der Waals surface area contributed by atoms with Gasteiger partial charge in [0, 0.05) is 34.6 Å². The molecule has 8 saturated carbocycles. The second kappa shape index (κ2) is 29.6. The van der Waals surface area contributed by atoms with Crippen LogP contribution in [0.25, 0.3) is 0 Å². The molecule has 8 fully saturated rings. The van der Waals surface area contributed by atoms with Crippen LogP contribution in [-0.2, 0) is 69.2 Å². The number of benzene rings is 3. The smallest absolute Gasteiger partial charge is 0.415 e. The summed E-state index contributed by atoms with van der Waals surface area (Å²) in [6, 6.07) is 31.8. The lowest BCUT2D eigenvalue weighted by Gasteiger charge is -2.54. The molecule has 0 aliphatic heterocycles. The number of esters is 2. The maximum Gasteiger partial charge on any atom is 0.415 e. The Balaban J connectivity index is 0.000000250. The molecule has 3 aromatic carbocycles. The number of halogens is 4. The van der Waals surface area contributed by atoms with Crippen molar-refractivity contribution in [2.24, 2.45) is 35.5 Å². The van der Waals surface area contributed by atoms with Gasteiger partial charge in [-0.2, -0.15) is 26.2 Å². The number of ketones is 2. The highest BCUT2D eigenvalue weighted by molar-refractivity contribution is 7.97. The number of hydrogen-bond donors (Lipinski definition) is 0. The largest absolute Gasteiger partial charge is 0.691 e. The van der Waals surface area contributed by atoms with Crippen molar-refractivity contribution in [2.75, 3.05) is 18.8 Å². The molecule has 8 aliphatic carbocycles. The molecule has 8 bridgehead atoms. The molecule has 3 aromatic rings. The van der Waals surface area contributed by atoms with Crippen LogP contribution in [0, 0.1) is 35.5 Å². The molecular formula is C51H68F4O12S4. The summed E-state index contributed by atoms with van der Waals surface area (Å²) in [6.07, 6.45) is 12.0. The van der Waals surface area contributed by atoms with Crippen LogP contribution in [-0.4, -0.2) is 64.0 Å². The molecule has 0 aromatic heterocycles. The Labute approximate surface area is 430 Å². The minimum atomic E-state index is -4.03. The van der Waals surface area contributed by atoms with E-state index in [2.05, 4.69) is 129 Å². The van der Waals surface area contributed by atoms with Gasteiger partial charge in [0.2, 0.25) is 0 Å². The van der Waals surface area contributed by atoms with Crippen LogP contribution in [0.15, 0.2) is 106 Å². The molecule has 4 unspecified atom stereocenters. The fraction of sp³-hybridized carbons (Fsp3) is 0.569. The first kappa shape index (κ1) is 62.1. The van der Waals surface area contributed by atoms with E-state index in [1.807, 2.05) is 41.5 Å². The molecule has 396 valence electrons. The molecular weight excluding hydrogens is 1010 g/mol. The van der Waals surface area contributed by atoms with Crippen LogP contribution in [0.3, 0.4) is 0 Å². The van der Waals surface area contributed by atoms with Crippen molar-refractivity contribution < 1.29 is 75.5 Å². The molecule has 0 N–H and O–H groups in total. The van der Waals surface area contributed by atoms with Gasteiger partial charge in [0.25, 0.3) is 0 Å². The lowest BCUT2D eigenvalue weighted by atomic mass is 9.53. The van der Waals surface area contributed by atoms with Gasteiger partial charge in [0.15, 0.2) is 14.7 Å². The fourth-order valence-corrected chi connectivity index (χ4v) is 12.9. The SMILES string of the molecule is CC.CC.CC.C[S+](C)c1ccccc1.C[S+](c1ccccc1)c1ccccc1.O=C1C2CC3CC1CC(OC(=O)C(F)(F)SOO[O-])(C3)C2.O=C1C2CC3CC1CC(OC(=O)C(F)(F)SOO[O-])(C3)C2. The van der Waals surface area contributed by atoms with E-state index < -0.39 is 57.7 Å². The van der Waals surface area contributed by atoms with Crippen LogP contribution in [0.4, 0.5) is 17.6 Å². The maximum absolute atomic E-state index is 13.4. The predicted molar refractivity (Wildman–Crippen MR) is 265 cm³/mol. The minimum Gasteiger partial charge on any atom is -0.691 e. The standard InChI is InChI=1S/C13H13S.2C12H14F2O6S.C8H11S.3C2H6/c1-14(12-8-4-2-5-9-12)13-10-6-3-7-11-13;2*13-12(14,21-20-19-17)10(16)18-11-3-6-1-7(4-11)9(15)8(2-6)5-11;1-9(2)8-6-4-3-5-7-8;3*1-2/h2-11H,1H3;2*6-8,17H,1-5H2;3-7H,1-2H3;3*1-2H3/q+1;;;+1;;;/p-2. The molecule has 20 heteroatoms. The number of hydrogen-bond acceptors (Lipinski definition) is 14. The Morgan fingerprint density at radius 2 is 0.803 bits per heavy atom. The highest BCUT2D eigenvalue weighted by Crippen LogP contribution is 2.57. The van der Waals surface area contributed by atoms with Crippen molar-refractivity contribution in [1.82, 2.24) is 0 Å². The highest BCUT2D eigenvalue weighted by atomic mass is 32.2. The van der Waals surface area contributed by atoms with Crippen LogP contribution >= 0.6 is 24.1 Å². The lowest BCUT2D eigenvalue weighted by molar-refractivity contribution is -0.777. The number of rotatable bonds is 13. The monoisotopic (exact) mass is 1080 g/mol. The first-order chi connectivity index (χ1) is 33.9. The van der Waals surface area contributed by atoms with E-state index in [0.29, 0.717) is 49.4 Å². The second-order valence-electron chi connectivity index (χ2n) is 17.4. The summed E-state index contributed by atoms with van der Waals surface area (Å²) < 4.78 is 70.9. The summed E-state index contributed by atoms with van der Waals surface area (Å²) in [5.41, 5.74) is -1.96. The number of ether oxygens (including phenoxy) is 2. The van der Waals surface area contributed by atoms with Gasteiger partial charge in [-0.1, -0.05) is 96.1 Å². The van der Waals surface area contributed by atoms with Crippen LogP contribution in [0.1, 0.15) is 106 Å². The Morgan fingerprint density at radius 1 is 0.521 bits per heavy atom. The summed E-state index contributed by atoms with van der Waals surface area (Å²) in [4.78, 5) is 51.4. The van der Waals surface area contributed by atoms with Gasteiger partial charge in [0.1, 0.15) is 65.6 Å². The first-order valence-electron chi connectivity index (χ1n) is 23.9. The van der Waals surface area contributed by atoms with E-state index in [0.717, 1.165) is 25.7 Å². The van der Waals surface area contributed by atoms with E-state index in [1.54, 1.807) is 0 Å². The van der Waals surface area contributed by atoms with E-state index in [-0.39, 0.29) is 58.0 Å². The van der Waals surface area contributed by atoms with Crippen molar-refractivity contribution in [3.8, 4) is 0 Å². The summed E-state index contributed by atoms with van der Waals surface area (Å²) in [7, 11) is 0.624. The summed E-state index contributed by atoms with van der Waals surface area (Å²) in [6.45, 7) is 12.0. The normalized spacial score (nSPS) is 26.0. The third kappa shape index (κ3) is 17.5. The van der Waals surface area contributed by atoms with Gasteiger partial charge in [-0.25, -0.2) is 9.59 Å². The van der Waals surface area contributed by atoms with Crippen molar-refractivity contribution in [1.29, 1.82) is 0 Å². The zero-order chi connectivity index (χ0) is 53.0. The molecule has 0 heterocycles. The predicted octanol–water partition coefficient (Wildman–Crippen LogP) is 10.6. The Kier molecular flexibility index (Phi) is 25.9.